The molecule has 0 spiro atoms. The summed E-state index contributed by atoms with van der Waals surface area (Å²) in [7, 11) is 1.93. The smallest absolute Gasteiger partial charge is 0.159 e. The molecule has 2 heterocycles. The quantitative estimate of drug-likeness (QED) is 0.710. The van der Waals surface area contributed by atoms with Crippen molar-refractivity contribution in [2.75, 3.05) is 0 Å². The van der Waals surface area contributed by atoms with E-state index in [0.717, 1.165) is 28.1 Å². The van der Waals surface area contributed by atoms with Crippen LogP contribution in [0.3, 0.4) is 0 Å². The fourth-order valence-corrected chi connectivity index (χ4v) is 2.13. The number of fused-ring (bicyclic) bond motifs is 1. The van der Waals surface area contributed by atoms with Gasteiger partial charge < -0.3 is 9.67 Å². The lowest BCUT2D eigenvalue weighted by atomic mass is 10.1. The maximum atomic E-state index is 9.77. The molecule has 0 atom stereocenters. The highest BCUT2D eigenvalue weighted by Gasteiger charge is 2.13. The van der Waals surface area contributed by atoms with Crippen molar-refractivity contribution in [1.29, 1.82) is 0 Å². The topological polar surface area (TPSA) is 50.9 Å². The van der Waals surface area contributed by atoms with Crippen LogP contribution in [0.1, 0.15) is 5.56 Å². The van der Waals surface area contributed by atoms with E-state index in [1.54, 1.807) is 12.3 Å². The molecular formula is C14H13N3O. The SMILES string of the molecule is Cc1c(O)cccc1-c1nc2cccnc2n1C. The largest absolute Gasteiger partial charge is 0.508 e. The molecule has 0 aliphatic heterocycles. The fourth-order valence-electron chi connectivity index (χ4n) is 2.13. The number of phenols is 1. The molecule has 0 aliphatic carbocycles. The molecule has 0 saturated heterocycles. The van der Waals surface area contributed by atoms with Gasteiger partial charge in [-0.1, -0.05) is 12.1 Å². The number of aromatic hydroxyl groups is 1. The van der Waals surface area contributed by atoms with Crippen molar-refractivity contribution in [1.82, 2.24) is 14.5 Å². The first-order valence-corrected chi connectivity index (χ1v) is 5.75. The second-order valence-corrected chi connectivity index (χ2v) is 4.29. The van der Waals surface area contributed by atoms with Crippen LogP contribution < -0.4 is 0 Å². The van der Waals surface area contributed by atoms with Crippen LogP contribution in [0.25, 0.3) is 22.6 Å². The van der Waals surface area contributed by atoms with E-state index in [2.05, 4.69) is 9.97 Å². The van der Waals surface area contributed by atoms with Crippen molar-refractivity contribution in [3.63, 3.8) is 0 Å². The van der Waals surface area contributed by atoms with Gasteiger partial charge in [-0.25, -0.2) is 9.97 Å². The maximum absolute atomic E-state index is 9.77. The van der Waals surface area contributed by atoms with Gasteiger partial charge in [0, 0.05) is 24.4 Å². The van der Waals surface area contributed by atoms with E-state index < -0.39 is 0 Å². The number of aryl methyl sites for hydroxylation is 1. The third kappa shape index (κ3) is 1.46. The van der Waals surface area contributed by atoms with Crippen LogP contribution >= 0.6 is 0 Å². The molecule has 0 fully saturated rings. The minimum Gasteiger partial charge on any atom is -0.508 e. The van der Waals surface area contributed by atoms with E-state index >= 15 is 0 Å². The molecule has 0 unspecified atom stereocenters. The van der Waals surface area contributed by atoms with Crippen LogP contribution in [0.4, 0.5) is 0 Å². The number of phenolic OH excluding ortho intramolecular Hbond substituents is 1. The summed E-state index contributed by atoms with van der Waals surface area (Å²) in [6.45, 7) is 1.89. The number of rotatable bonds is 1. The number of hydrogen-bond acceptors (Lipinski definition) is 3. The highest BCUT2D eigenvalue weighted by molar-refractivity contribution is 5.78. The van der Waals surface area contributed by atoms with E-state index in [1.165, 1.54) is 0 Å². The third-order valence-corrected chi connectivity index (χ3v) is 3.17. The predicted octanol–water partition coefficient (Wildman–Crippen LogP) is 2.65. The lowest BCUT2D eigenvalue weighted by Gasteiger charge is -2.07. The number of aromatic nitrogens is 3. The van der Waals surface area contributed by atoms with E-state index in [9.17, 15) is 5.11 Å². The number of hydrogen-bond donors (Lipinski definition) is 1. The summed E-state index contributed by atoms with van der Waals surface area (Å²) in [5.74, 6) is 1.10. The van der Waals surface area contributed by atoms with Crippen molar-refractivity contribution in [3.05, 3.63) is 42.1 Å². The second-order valence-electron chi connectivity index (χ2n) is 4.29. The summed E-state index contributed by atoms with van der Waals surface area (Å²) >= 11 is 0. The summed E-state index contributed by atoms with van der Waals surface area (Å²) in [5, 5.41) is 9.77. The van der Waals surface area contributed by atoms with Gasteiger partial charge in [-0.2, -0.15) is 0 Å². The summed E-state index contributed by atoms with van der Waals surface area (Å²) in [5.41, 5.74) is 3.46. The Morgan fingerprint density at radius 1 is 1.17 bits per heavy atom. The summed E-state index contributed by atoms with van der Waals surface area (Å²) < 4.78 is 1.94. The molecule has 18 heavy (non-hydrogen) atoms. The van der Waals surface area contributed by atoms with Gasteiger partial charge in [0.1, 0.15) is 17.1 Å². The Balaban J connectivity index is 2.32. The summed E-state index contributed by atoms with van der Waals surface area (Å²) in [4.78, 5) is 8.89. The van der Waals surface area contributed by atoms with Crippen molar-refractivity contribution >= 4 is 11.2 Å². The zero-order chi connectivity index (χ0) is 12.7. The average Bonchev–Trinajstić information content (AvgIpc) is 2.71. The third-order valence-electron chi connectivity index (χ3n) is 3.17. The molecule has 3 rings (SSSR count). The monoisotopic (exact) mass is 239 g/mol. The van der Waals surface area contributed by atoms with Crippen LogP contribution in [-0.2, 0) is 7.05 Å². The Labute approximate surface area is 105 Å². The Hall–Kier alpha value is -2.36. The van der Waals surface area contributed by atoms with Gasteiger partial charge in [0.15, 0.2) is 5.65 Å². The molecule has 0 amide bonds. The molecule has 2 aromatic heterocycles. The molecule has 4 nitrogen and oxygen atoms in total. The van der Waals surface area contributed by atoms with Crippen LogP contribution in [-0.4, -0.2) is 19.6 Å². The van der Waals surface area contributed by atoms with Crippen LogP contribution in [0.15, 0.2) is 36.5 Å². The number of imidazole rings is 1. The van der Waals surface area contributed by atoms with Crippen LogP contribution in [0, 0.1) is 6.92 Å². The van der Waals surface area contributed by atoms with Gasteiger partial charge in [0.05, 0.1) is 0 Å². The first-order chi connectivity index (χ1) is 8.68. The minimum absolute atomic E-state index is 0.285. The summed E-state index contributed by atoms with van der Waals surface area (Å²) in [6.07, 6.45) is 1.75. The molecule has 0 radical (unpaired) electrons. The molecule has 0 bridgehead atoms. The van der Waals surface area contributed by atoms with Gasteiger partial charge >= 0.3 is 0 Å². The van der Waals surface area contributed by atoms with Crippen molar-refractivity contribution in [2.45, 2.75) is 6.92 Å². The normalized spacial score (nSPS) is 11.0. The number of pyridine rings is 1. The number of nitrogens with zero attached hydrogens (tertiary/aromatic N) is 3. The van der Waals surface area contributed by atoms with Crippen molar-refractivity contribution < 1.29 is 5.11 Å². The molecule has 0 aliphatic rings. The van der Waals surface area contributed by atoms with Crippen LogP contribution in [0.2, 0.25) is 0 Å². The number of benzene rings is 1. The average molecular weight is 239 g/mol. The van der Waals surface area contributed by atoms with Gasteiger partial charge in [-0.15, -0.1) is 0 Å². The molecule has 4 heteroatoms. The second kappa shape index (κ2) is 3.84. The van der Waals surface area contributed by atoms with E-state index in [4.69, 9.17) is 0 Å². The van der Waals surface area contributed by atoms with Gasteiger partial charge in [-0.05, 0) is 25.1 Å². The predicted molar refractivity (Wildman–Crippen MR) is 70.3 cm³/mol. The molecule has 1 N–H and O–H groups in total. The van der Waals surface area contributed by atoms with Gasteiger partial charge in [0.25, 0.3) is 0 Å². The Morgan fingerprint density at radius 3 is 2.78 bits per heavy atom. The van der Waals surface area contributed by atoms with E-state index in [-0.39, 0.29) is 5.75 Å². The molecule has 90 valence electrons. The van der Waals surface area contributed by atoms with Gasteiger partial charge in [0.2, 0.25) is 0 Å². The molecular weight excluding hydrogens is 226 g/mol. The molecule has 3 aromatic rings. The Morgan fingerprint density at radius 2 is 2.00 bits per heavy atom. The van der Waals surface area contributed by atoms with E-state index in [0.29, 0.717) is 0 Å². The zero-order valence-corrected chi connectivity index (χ0v) is 10.3. The first-order valence-electron chi connectivity index (χ1n) is 5.75. The lowest BCUT2D eigenvalue weighted by molar-refractivity contribution is 0.471. The van der Waals surface area contributed by atoms with E-state index in [1.807, 2.05) is 42.8 Å². The van der Waals surface area contributed by atoms with Crippen LogP contribution in [0.5, 0.6) is 5.75 Å². The minimum atomic E-state index is 0.285. The fraction of sp³-hybridized carbons (Fsp3) is 0.143. The molecule has 0 saturated carbocycles. The van der Waals surface area contributed by atoms with Gasteiger partial charge in [-0.3, -0.25) is 0 Å². The Kier molecular flexibility index (Phi) is 2.30. The highest BCUT2D eigenvalue weighted by Crippen LogP contribution is 2.29. The molecule has 1 aromatic carbocycles. The maximum Gasteiger partial charge on any atom is 0.159 e. The highest BCUT2D eigenvalue weighted by atomic mass is 16.3. The standard InChI is InChI=1S/C14H13N3O/c1-9-10(5-3-7-12(9)18)13-16-11-6-4-8-15-14(11)17(13)2/h3-8,18H,1-2H3. The van der Waals surface area contributed by atoms with Crippen molar-refractivity contribution in [3.8, 4) is 17.1 Å². The first kappa shape index (κ1) is 10.8. The Bertz CT molecular complexity index is 731. The summed E-state index contributed by atoms with van der Waals surface area (Å²) in [6, 6.07) is 9.26. The lowest BCUT2D eigenvalue weighted by Crippen LogP contribution is -1.95. The van der Waals surface area contributed by atoms with Crippen molar-refractivity contribution in [2.24, 2.45) is 7.05 Å². The zero-order valence-electron chi connectivity index (χ0n) is 10.3.